The molecule has 1 N–H and O–H groups in total. The lowest BCUT2D eigenvalue weighted by Gasteiger charge is -2.34. The average Bonchev–Trinajstić information content (AvgIpc) is 3.16. The number of pyridine rings is 1. The molecule has 1 saturated heterocycles. The van der Waals surface area contributed by atoms with Crippen molar-refractivity contribution in [3.8, 4) is 0 Å². The number of hydrogen-bond acceptors (Lipinski definition) is 6. The summed E-state index contributed by atoms with van der Waals surface area (Å²) in [6.45, 7) is 2.43. The molecule has 28 heavy (non-hydrogen) atoms. The highest BCUT2D eigenvalue weighted by molar-refractivity contribution is 7.89. The Hall–Kier alpha value is -2.63. The molecule has 0 atom stereocenters. The van der Waals surface area contributed by atoms with Crippen molar-refractivity contribution >= 4 is 38.7 Å². The zero-order valence-electron chi connectivity index (χ0n) is 15.0. The molecule has 1 aromatic carbocycles. The molecule has 0 saturated carbocycles. The molecular weight excluding hydrogens is 402 g/mol. The molecule has 9 nitrogen and oxygen atoms in total. The first-order chi connectivity index (χ1) is 13.4. The molecule has 0 radical (unpaired) electrons. The van der Waals surface area contributed by atoms with Crippen LogP contribution in [0.2, 0.25) is 0 Å². The summed E-state index contributed by atoms with van der Waals surface area (Å²) in [5.41, 5.74) is 1.18. The van der Waals surface area contributed by atoms with E-state index >= 15 is 0 Å². The third-order valence-corrected chi connectivity index (χ3v) is 7.15. The number of aromatic nitrogens is 1. The van der Waals surface area contributed by atoms with E-state index in [1.807, 2.05) is 0 Å². The van der Waals surface area contributed by atoms with Gasteiger partial charge in [0.15, 0.2) is 0 Å². The van der Waals surface area contributed by atoms with E-state index in [1.54, 1.807) is 25.1 Å². The molecule has 11 heteroatoms. The van der Waals surface area contributed by atoms with Gasteiger partial charge in [-0.25, -0.2) is 8.42 Å². The fourth-order valence-corrected chi connectivity index (χ4v) is 5.35. The lowest BCUT2D eigenvalue weighted by molar-refractivity contribution is 0.0696. The molecule has 0 unspecified atom stereocenters. The van der Waals surface area contributed by atoms with Crippen molar-refractivity contribution in [2.24, 2.45) is 8.73 Å². The first-order valence-electron chi connectivity index (χ1n) is 8.58. The summed E-state index contributed by atoms with van der Waals surface area (Å²) in [5.74, 6) is -0.399. The summed E-state index contributed by atoms with van der Waals surface area (Å²) >= 11 is 0.966. The number of piperazine rings is 1. The van der Waals surface area contributed by atoms with Gasteiger partial charge in [-0.15, -0.1) is 0 Å². The van der Waals surface area contributed by atoms with Crippen LogP contribution >= 0.6 is 0 Å². The van der Waals surface area contributed by atoms with Gasteiger partial charge < -0.3 is 9.88 Å². The van der Waals surface area contributed by atoms with E-state index in [9.17, 15) is 18.0 Å². The van der Waals surface area contributed by atoms with Crippen molar-refractivity contribution < 1.29 is 13.2 Å². The molecule has 3 heterocycles. The van der Waals surface area contributed by atoms with Crippen LogP contribution < -0.4 is 5.56 Å². The van der Waals surface area contributed by atoms with Crippen LogP contribution in [0.1, 0.15) is 16.1 Å². The molecule has 0 aliphatic carbocycles. The van der Waals surface area contributed by atoms with Crippen molar-refractivity contribution in [1.29, 1.82) is 0 Å². The van der Waals surface area contributed by atoms with Crippen LogP contribution in [0.5, 0.6) is 0 Å². The van der Waals surface area contributed by atoms with Crippen molar-refractivity contribution in [3.63, 3.8) is 0 Å². The van der Waals surface area contributed by atoms with E-state index in [0.29, 0.717) is 17.1 Å². The zero-order chi connectivity index (χ0) is 19.9. The Balaban J connectivity index is 1.51. The number of aromatic amines is 1. The third-order valence-electron chi connectivity index (χ3n) is 4.68. The number of carbonyl (C=O) groups excluding carboxylic acids is 1. The Morgan fingerprint density at radius 3 is 2.57 bits per heavy atom. The second-order valence-corrected chi connectivity index (χ2v) is 8.90. The van der Waals surface area contributed by atoms with Crippen molar-refractivity contribution in [1.82, 2.24) is 14.2 Å². The predicted octanol–water partition coefficient (Wildman–Crippen LogP) is 1.56. The average molecular weight is 419 g/mol. The van der Waals surface area contributed by atoms with Gasteiger partial charge >= 0.3 is 0 Å². The second kappa shape index (κ2) is 7.08. The number of nitrogens with zero attached hydrogens (tertiary/aromatic N) is 4. The second-order valence-electron chi connectivity index (χ2n) is 6.47. The van der Waals surface area contributed by atoms with Crippen LogP contribution in [0.15, 0.2) is 48.7 Å². The quantitative estimate of drug-likeness (QED) is 0.693. The number of aryl methyl sites for hydroxylation is 1. The lowest BCUT2D eigenvalue weighted by atomic mass is 10.2. The van der Waals surface area contributed by atoms with Gasteiger partial charge in [-0.05, 0) is 31.2 Å². The van der Waals surface area contributed by atoms with Gasteiger partial charge in [-0.1, -0.05) is 6.07 Å². The Morgan fingerprint density at radius 2 is 1.86 bits per heavy atom. The number of fused-ring (bicyclic) bond motifs is 1. The van der Waals surface area contributed by atoms with Crippen molar-refractivity contribution in [2.45, 2.75) is 11.8 Å². The Labute approximate surface area is 164 Å². The number of nitrogens with one attached hydrogen (secondary N) is 1. The SMILES string of the molecule is Cc1ccc(C(=O)N2CCN(S(=O)(=O)c3cccc4c3N=S=N4)CC2)c(=O)[nH]1. The molecule has 146 valence electrons. The molecule has 0 spiro atoms. The minimum atomic E-state index is -3.75. The number of carbonyl (C=O) groups is 1. The highest BCUT2D eigenvalue weighted by Crippen LogP contribution is 2.38. The molecule has 1 amide bonds. The number of sulfonamides is 1. The van der Waals surface area contributed by atoms with E-state index in [-0.39, 0.29) is 36.6 Å². The zero-order valence-corrected chi connectivity index (χ0v) is 16.6. The lowest BCUT2D eigenvalue weighted by Crippen LogP contribution is -2.51. The topological polar surface area (TPSA) is 115 Å². The van der Waals surface area contributed by atoms with Gasteiger partial charge in [-0.3, -0.25) is 9.59 Å². The first kappa shape index (κ1) is 18.7. The summed E-state index contributed by atoms with van der Waals surface area (Å²) < 4.78 is 35.6. The summed E-state index contributed by atoms with van der Waals surface area (Å²) in [6, 6.07) is 8.03. The Kier molecular flexibility index (Phi) is 4.73. The van der Waals surface area contributed by atoms with Crippen LogP contribution in [-0.4, -0.2) is 54.7 Å². The minimum Gasteiger partial charge on any atom is -0.336 e. The minimum absolute atomic E-state index is 0.0558. The normalized spacial score (nSPS) is 16.7. The molecule has 0 bridgehead atoms. The van der Waals surface area contributed by atoms with Gasteiger partial charge in [0.2, 0.25) is 10.0 Å². The number of hydrogen-bond donors (Lipinski definition) is 1. The van der Waals surface area contributed by atoms with E-state index in [0.717, 1.165) is 11.4 Å². The maximum absolute atomic E-state index is 13.0. The maximum Gasteiger partial charge on any atom is 0.260 e. The number of amides is 1. The predicted molar refractivity (Wildman–Crippen MR) is 104 cm³/mol. The van der Waals surface area contributed by atoms with Crippen molar-refractivity contribution in [3.05, 3.63) is 51.9 Å². The van der Waals surface area contributed by atoms with Crippen LogP contribution in [0.3, 0.4) is 0 Å². The van der Waals surface area contributed by atoms with Gasteiger partial charge in [0.25, 0.3) is 11.5 Å². The number of benzene rings is 1. The van der Waals surface area contributed by atoms with Crippen LogP contribution in [0.25, 0.3) is 0 Å². The number of H-pyrrole nitrogens is 1. The van der Waals surface area contributed by atoms with E-state index in [4.69, 9.17) is 0 Å². The third kappa shape index (κ3) is 3.21. The molecule has 2 aliphatic rings. The van der Waals surface area contributed by atoms with Crippen molar-refractivity contribution in [2.75, 3.05) is 26.2 Å². The summed E-state index contributed by atoms with van der Waals surface area (Å²) in [5, 5.41) is 0. The summed E-state index contributed by atoms with van der Waals surface area (Å²) in [7, 11) is -3.75. The van der Waals surface area contributed by atoms with Crippen LogP contribution in [0, 0.1) is 6.92 Å². The highest BCUT2D eigenvalue weighted by Gasteiger charge is 2.33. The van der Waals surface area contributed by atoms with Gasteiger partial charge in [0, 0.05) is 31.9 Å². The fourth-order valence-electron chi connectivity index (χ4n) is 3.17. The van der Waals surface area contributed by atoms with Crippen LogP contribution in [-0.2, 0) is 21.4 Å². The Bertz CT molecular complexity index is 1190. The van der Waals surface area contributed by atoms with Gasteiger partial charge in [0.05, 0.1) is 11.4 Å². The summed E-state index contributed by atoms with van der Waals surface area (Å²) in [4.78, 5) is 28.9. The standard InChI is InChI=1S/C17H17N5O4S2/c1-11-5-6-12(16(23)18-11)17(24)21-7-9-22(10-8-21)28(25,26)14-4-2-3-13-15(14)20-27-19-13/h2-6H,7-10H2,1H3,(H,18,23). The smallest absolute Gasteiger partial charge is 0.260 e. The number of rotatable bonds is 3. The molecule has 4 rings (SSSR count). The highest BCUT2D eigenvalue weighted by atomic mass is 32.2. The Morgan fingerprint density at radius 1 is 1.11 bits per heavy atom. The largest absolute Gasteiger partial charge is 0.336 e. The monoisotopic (exact) mass is 419 g/mol. The fraction of sp³-hybridized carbons (Fsp3) is 0.294. The van der Waals surface area contributed by atoms with Gasteiger partial charge in [-0.2, -0.15) is 13.0 Å². The first-order valence-corrected chi connectivity index (χ1v) is 10.8. The summed E-state index contributed by atoms with van der Waals surface area (Å²) in [6.07, 6.45) is 0. The van der Waals surface area contributed by atoms with E-state index in [2.05, 4.69) is 13.7 Å². The molecular formula is C17H17N5O4S2. The van der Waals surface area contributed by atoms with E-state index < -0.39 is 21.5 Å². The van der Waals surface area contributed by atoms with Gasteiger partial charge in [0.1, 0.15) is 21.8 Å². The molecule has 1 fully saturated rings. The molecule has 1 aromatic heterocycles. The maximum atomic E-state index is 13.0. The molecule has 2 aromatic rings. The molecule has 2 aliphatic heterocycles. The van der Waals surface area contributed by atoms with Crippen LogP contribution in [0.4, 0.5) is 11.4 Å². The van der Waals surface area contributed by atoms with E-state index in [1.165, 1.54) is 21.3 Å².